The second-order valence-corrected chi connectivity index (χ2v) is 4.53. The minimum atomic E-state index is -0.0969. The van der Waals surface area contributed by atoms with Crippen LogP contribution in [-0.4, -0.2) is 32.3 Å². The Bertz CT molecular complexity index is 542. The minimum absolute atomic E-state index is 0.0969. The summed E-state index contributed by atoms with van der Waals surface area (Å²) in [6, 6.07) is 4.11. The third-order valence-electron chi connectivity index (χ3n) is 3.00. The topological polar surface area (TPSA) is 75.0 Å². The van der Waals surface area contributed by atoms with Gasteiger partial charge in [-0.15, -0.1) is 0 Å². The highest BCUT2D eigenvalue weighted by atomic mass is 16.3. The standard InChI is InChI=1S/C12H14N4O2/c1-8-2-5-10(18-8)7-16(9-3-4-9)12(17)11-6-13-15-14-11/h2,5-6,9H,3-4,7H2,1H3,(H,13,14,15). The first-order valence-corrected chi connectivity index (χ1v) is 5.96. The lowest BCUT2D eigenvalue weighted by molar-refractivity contribution is 0.0711. The fourth-order valence-electron chi connectivity index (χ4n) is 1.94. The third-order valence-corrected chi connectivity index (χ3v) is 3.00. The molecule has 0 saturated heterocycles. The Hall–Kier alpha value is -2.11. The Balaban J connectivity index is 1.78. The molecule has 3 rings (SSSR count). The van der Waals surface area contributed by atoms with Crippen molar-refractivity contribution in [2.75, 3.05) is 0 Å². The zero-order chi connectivity index (χ0) is 12.5. The molecular weight excluding hydrogens is 232 g/mol. The van der Waals surface area contributed by atoms with Crippen LogP contribution < -0.4 is 0 Å². The number of aromatic nitrogens is 3. The highest BCUT2D eigenvalue weighted by molar-refractivity contribution is 5.92. The van der Waals surface area contributed by atoms with Crippen molar-refractivity contribution in [2.24, 2.45) is 0 Å². The second kappa shape index (κ2) is 4.29. The van der Waals surface area contributed by atoms with Crippen molar-refractivity contribution in [1.29, 1.82) is 0 Å². The van der Waals surface area contributed by atoms with Crippen LogP contribution in [0.15, 0.2) is 22.7 Å². The van der Waals surface area contributed by atoms with Crippen molar-refractivity contribution in [3.63, 3.8) is 0 Å². The van der Waals surface area contributed by atoms with Gasteiger partial charge >= 0.3 is 0 Å². The molecule has 1 aliphatic carbocycles. The number of amides is 1. The molecule has 2 aromatic heterocycles. The zero-order valence-corrected chi connectivity index (χ0v) is 10.1. The van der Waals surface area contributed by atoms with Crippen LogP contribution in [0.25, 0.3) is 0 Å². The maximum Gasteiger partial charge on any atom is 0.276 e. The molecule has 6 heteroatoms. The summed E-state index contributed by atoms with van der Waals surface area (Å²) in [6.07, 6.45) is 3.54. The number of nitrogens with one attached hydrogen (secondary N) is 1. The highest BCUT2D eigenvalue weighted by Gasteiger charge is 2.34. The molecule has 0 aromatic carbocycles. The first kappa shape index (κ1) is 11.0. The second-order valence-electron chi connectivity index (χ2n) is 4.53. The molecule has 1 fully saturated rings. The predicted molar refractivity (Wildman–Crippen MR) is 62.7 cm³/mol. The van der Waals surface area contributed by atoms with E-state index in [1.807, 2.05) is 19.1 Å². The maximum absolute atomic E-state index is 12.3. The summed E-state index contributed by atoms with van der Waals surface area (Å²) in [5, 5.41) is 9.97. The summed E-state index contributed by atoms with van der Waals surface area (Å²) in [5.41, 5.74) is 0.352. The van der Waals surface area contributed by atoms with E-state index in [-0.39, 0.29) is 5.91 Å². The molecule has 18 heavy (non-hydrogen) atoms. The number of aryl methyl sites for hydroxylation is 1. The smallest absolute Gasteiger partial charge is 0.276 e. The van der Waals surface area contributed by atoms with Crippen LogP contribution in [0.4, 0.5) is 0 Å². The Morgan fingerprint density at radius 1 is 1.56 bits per heavy atom. The number of hydrogen-bond acceptors (Lipinski definition) is 4. The average molecular weight is 246 g/mol. The SMILES string of the molecule is Cc1ccc(CN(C(=O)c2cn[nH]n2)C2CC2)o1. The number of furan rings is 1. The van der Waals surface area contributed by atoms with Gasteiger partial charge in [0, 0.05) is 6.04 Å². The van der Waals surface area contributed by atoms with E-state index in [4.69, 9.17) is 4.42 Å². The van der Waals surface area contributed by atoms with E-state index in [1.54, 1.807) is 4.90 Å². The van der Waals surface area contributed by atoms with Crippen molar-refractivity contribution in [1.82, 2.24) is 20.3 Å². The van der Waals surface area contributed by atoms with E-state index in [0.29, 0.717) is 18.3 Å². The quantitative estimate of drug-likeness (QED) is 0.887. The zero-order valence-electron chi connectivity index (χ0n) is 10.1. The first-order chi connectivity index (χ1) is 8.74. The molecule has 0 unspecified atom stereocenters. The summed E-state index contributed by atoms with van der Waals surface area (Å²) in [4.78, 5) is 14.1. The van der Waals surface area contributed by atoms with Gasteiger partial charge in [0.2, 0.25) is 0 Å². The molecular formula is C12H14N4O2. The van der Waals surface area contributed by atoms with Gasteiger partial charge in [0.1, 0.15) is 11.5 Å². The molecule has 0 atom stereocenters. The van der Waals surface area contributed by atoms with Crippen molar-refractivity contribution in [3.05, 3.63) is 35.5 Å². The molecule has 1 N–H and O–H groups in total. The van der Waals surface area contributed by atoms with Gasteiger partial charge in [-0.2, -0.15) is 15.4 Å². The summed E-state index contributed by atoms with van der Waals surface area (Å²) in [6.45, 7) is 2.38. The van der Waals surface area contributed by atoms with E-state index < -0.39 is 0 Å². The van der Waals surface area contributed by atoms with Crippen LogP contribution >= 0.6 is 0 Å². The molecule has 2 aromatic rings. The van der Waals surface area contributed by atoms with Crippen LogP contribution in [0.3, 0.4) is 0 Å². The van der Waals surface area contributed by atoms with E-state index >= 15 is 0 Å². The van der Waals surface area contributed by atoms with Crippen LogP contribution in [0.5, 0.6) is 0 Å². The molecule has 94 valence electrons. The van der Waals surface area contributed by atoms with Crippen LogP contribution in [-0.2, 0) is 6.54 Å². The van der Waals surface area contributed by atoms with Gasteiger partial charge in [-0.05, 0) is 31.9 Å². The van der Waals surface area contributed by atoms with E-state index in [1.165, 1.54) is 6.20 Å². The van der Waals surface area contributed by atoms with Crippen LogP contribution in [0, 0.1) is 6.92 Å². The highest BCUT2D eigenvalue weighted by Crippen LogP contribution is 2.29. The molecule has 2 heterocycles. The largest absolute Gasteiger partial charge is 0.464 e. The normalized spacial score (nSPS) is 14.7. The Morgan fingerprint density at radius 3 is 2.94 bits per heavy atom. The lowest BCUT2D eigenvalue weighted by atomic mass is 10.3. The fourth-order valence-corrected chi connectivity index (χ4v) is 1.94. The molecule has 1 saturated carbocycles. The van der Waals surface area contributed by atoms with E-state index in [9.17, 15) is 4.79 Å². The number of nitrogens with zero attached hydrogens (tertiary/aromatic N) is 3. The Labute approximate surface area is 104 Å². The van der Waals surface area contributed by atoms with Gasteiger partial charge < -0.3 is 9.32 Å². The third kappa shape index (κ3) is 2.13. The molecule has 0 aliphatic heterocycles. The van der Waals surface area contributed by atoms with Gasteiger partial charge in [0.15, 0.2) is 5.69 Å². The molecule has 0 spiro atoms. The molecule has 0 radical (unpaired) electrons. The van der Waals surface area contributed by atoms with E-state index in [0.717, 1.165) is 24.4 Å². The number of carbonyl (C=O) groups excluding carboxylic acids is 1. The monoisotopic (exact) mass is 246 g/mol. The number of aromatic amines is 1. The molecule has 1 aliphatic rings. The van der Waals surface area contributed by atoms with Gasteiger partial charge in [-0.3, -0.25) is 4.79 Å². The lowest BCUT2D eigenvalue weighted by Crippen LogP contribution is -2.32. The summed E-state index contributed by atoms with van der Waals surface area (Å²) < 4.78 is 5.52. The summed E-state index contributed by atoms with van der Waals surface area (Å²) in [7, 11) is 0. The van der Waals surface area contributed by atoms with Crippen LogP contribution in [0.2, 0.25) is 0 Å². The number of H-pyrrole nitrogens is 1. The van der Waals surface area contributed by atoms with E-state index in [2.05, 4.69) is 15.4 Å². The number of hydrogen-bond donors (Lipinski definition) is 1. The van der Waals surface area contributed by atoms with Gasteiger partial charge in [-0.1, -0.05) is 0 Å². The fraction of sp³-hybridized carbons (Fsp3) is 0.417. The maximum atomic E-state index is 12.3. The summed E-state index contributed by atoms with van der Waals surface area (Å²) in [5.74, 6) is 1.56. The molecule has 0 bridgehead atoms. The van der Waals surface area contributed by atoms with Crippen molar-refractivity contribution >= 4 is 5.91 Å². The summed E-state index contributed by atoms with van der Waals surface area (Å²) >= 11 is 0. The van der Waals surface area contributed by atoms with Crippen LogP contribution in [0.1, 0.15) is 34.9 Å². The Kier molecular flexibility index (Phi) is 2.62. The molecule has 6 nitrogen and oxygen atoms in total. The number of rotatable bonds is 4. The van der Waals surface area contributed by atoms with Crippen molar-refractivity contribution < 1.29 is 9.21 Å². The molecule has 1 amide bonds. The average Bonchev–Trinajstić information content (AvgIpc) is 2.89. The van der Waals surface area contributed by atoms with Crippen molar-refractivity contribution in [3.8, 4) is 0 Å². The minimum Gasteiger partial charge on any atom is -0.464 e. The van der Waals surface area contributed by atoms with Gasteiger partial charge in [0.05, 0.1) is 12.7 Å². The first-order valence-electron chi connectivity index (χ1n) is 5.96. The van der Waals surface area contributed by atoms with Gasteiger partial charge in [-0.25, -0.2) is 0 Å². The van der Waals surface area contributed by atoms with Gasteiger partial charge in [0.25, 0.3) is 5.91 Å². The number of carbonyl (C=O) groups is 1. The predicted octanol–water partition coefficient (Wildman–Crippen LogP) is 1.51. The van der Waals surface area contributed by atoms with Crippen molar-refractivity contribution in [2.45, 2.75) is 32.4 Å². The Morgan fingerprint density at radius 2 is 2.39 bits per heavy atom. The lowest BCUT2D eigenvalue weighted by Gasteiger charge is -2.19.